The van der Waals surface area contributed by atoms with Gasteiger partial charge in [-0.2, -0.15) is 0 Å². The van der Waals surface area contributed by atoms with Crippen LogP contribution in [0.2, 0.25) is 0 Å². The Morgan fingerprint density at radius 1 is 0.538 bits per heavy atom. The van der Waals surface area contributed by atoms with Gasteiger partial charge in [-0.3, -0.25) is 13.8 Å². The molecule has 0 radical (unpaired) electrons. The van der Waals surface area contributed by atoms with Gasteiger partial charge in [0.25, 0.3) is 0 Å². The van der Waals surface area contributed by atoms with Crippen molar-refractivity contribution in [2.75, 3.05) is 19.8 Å². The van der Waals surface area contributed by atoms with Crippen LogP contribution in [-0.2, 0) is 27.9 Å². The van der Waals surface area contributed by atoms with Crippen LogP contribution in [0, 0.1) is 0 Å². The second-order valence-corrected chi connectivity index (χ2v) is 16.3. The summed E-state index contributed by atoms with van der Waals surface area (Å²) in [6.45, 7) is 4.25. The highest BCUT2D eigenvalue weighted by atomic mass is 31.2. The molecule has 1 aliphatic rings. The number of carbonyl (C=O) groups is 1. The Labute approximate surface area is 315 Å². The maximum atomic E-state index is 12.7. The number of esters is 1. The summed E-state index contributed by atoms with van der Waals surface area (Å²) in [5.74, 6) is -0.474. The maximum Gasteiger partial charge on any atom is 0.472 e. The fourth-order valence-corrected chi connectivity index (χ4v) is 7.56. The normalized spacial score (nSPS) is 23.8. The summed E-state index contributed by atoms with van der Waals surface area (Å²) < 4.78 is 34.0. The van der Waals surface area contributed by atoms with E-state index in [-0.39, 0.29) is 13.0 Å². The molecule has 6 N–H and O–H groups in total. The van der Waals surface area contributed by atoms with Gasteiger partial charge in [0.1, 0.15) is 42.7 Å². The standard InChI is InChI=1S/C39H77O12P/c1-3-5-7-9-11-13-15-16-17-18-20-22-24-26-28-33(40)50-32(30-48-29-27-25-23-21-19-14-12-10-8-6-4-2)31-49-52(46,47)51-39-37(44)35(42)34(41)36(43)38(39)45/h32,34-39,41-45H,3-31H2,1-2H3,(H,46,47). The average Bonchev–Trinajstić information content (AvgIpc) is 3.12. The van der Waals surface area contributed by atoms with Crippen LogP contribution in [0.3, 0.4) is 0 Å². The van der Waals surface area contributed by atoms with Gasteiger partial charge in [-0.1, -0.05) is 162 Å². The number of phosphoric ester groups is 1. The van der Waals surface area contributed by atoms with E-state index in [2.05, 4.69) is 13.8 Å². The van der Waals surface area contributed by atoms with Gasteiger partial charge in [0.2, 0.25) is 0 Å². The van der Waals surface area contributed by atoms with Gasteiger partial charge < -0.3 is 39.9 Å². The Bertz CT molecular complexity index is 879. The molecule has 0 saturated heterocycles. The molecular weight excluding hydrogens is 691 g/mol. The molecule has 310 valence electrons. The highest BCUT2D eigenvalue weighted by Gasteiger charge is 2.51. The van der Waals surface area contributed by atoms with E-state index < -0.39 is 63.1 Å². The molecule has 13 heteroatoms. The third kappa shape index (κ3) is 24.0. The Balaban J connectivity index is 2.43. The van der Waals surface area contributed by atoms with Crippen molar-refractivity contribution in [3.05, 3.63) is 0 Å². The molecule has 1 aliphatic carbocycles. The number of hydrogen-bond acceptors (Lipinski definition) is 11. The van der Waals surface area contributed by atoms with Crippen molar-refractivity contribution in [2.45, 2.75) is 224 Å². The Kier molecular flexibility index (Phi) is 29.9. The first-order valence-electron chi connectivity index (χ1n) is 20.9. The van der Waals surface area contributed by atoms with Gasteiger partial charge in [-0.05, 0) is 12.8 Å². The van der Waals surface area contributed by atoms with Gasteiger partial charge >= 0.3 is 13.8 Å². The molecule has 1 rings (SSSR count). The molecule has 0 aromatic heterocycles. The average molecular weight is 769 g/mol. The third-order valence-corrected chi connectivity index (χ3v) is 11.0. The Morgan fingerprint density at radius 2 is 0.904 bits per heavy atom. The van der Waals surface area contributed by atoms with E-state index in [4.69, 9.17) is 18.5 Å². The lowest BCUT2D eigenvalue weighted by Gasteiger charge is -2.41. The van der Waals surface area contributed by atoms with Crippen LogP contribution in [0.1, 0.15) is 181 Å². The number of ether oxygens (including phenoxy) is 2. The van der Waals surface area contributed by atoms with Gasteiger partial charge in [-0.15, -0.1) is 0 Å². The lowest BCUT2D eigenvalue weighted by molar-refractivity contribution is -0.220. The smallest absolute Gasteiger partial charge is 0.457 e. The predicted molar refractivity (Wildman–Crippen MR) is 203 cm³/mol. The molecule has 12 nitrogen and oxygen atoms in total. The zero-order valence-corrected chi connectivity index (χ0v) is 33.5. The van der Waals surface area contributed by atoms with E-state index in [1.54, 1.807) is 0 Å². The summed E-state index contributed by atoms with van der Waals surface area (Å²) in [5.41, 5.74) is 0. The van der Waals surface area contributed by atoms with Crippen molar-refractivity contribution < 1.29 is 58.3 Å². The van der Waals surface area contributed by atoms with Gasteiger partial charge in [0, 0.05) is 13.0 Å². The van der Waals surface area contributed by atoms with Crippen molar-refractivity contribution in [3.8, 4) is 0 Å². The number of hydrogen-bond donors (Lipinski definition) is 6. The molecule has 0 aliphatic heterocycles. The fraction of sp³-hybridized carbons (Fsp3) is 0.974. The minimum Gasteiger partial charge on any atom is -0.457 e. The lowest BCUT2D eigenvalue weighted by Crippen LogP contribution is -2.64. The minimum absolute atomic E-state index is 0.0689. The van der Waals surface area contributed by atoms with Crippen LogP contribution in [-0.4, -0.2) is 98.9 Å². The number of carbonyl (C=O) groups excluding carboxylic acids is 1. The van der Waals surface area contributed by atoms with Crippen LogP contribution in [0.4, 0.5) is 0 Å². The van der Waals surface area contributed by atoms with E-state index in [0.29, 0.717) is 13.0 Å². The van der Waals surface area contributed by atoms with Gasteiger partial charge in [-0.25, -0.2) is 4.57 Å². The highest BCUT2D eigenvalue weighted by molar-refractivity contribution is 7.47. The van der Waals surface area contributed by atoms with Crippen LogP contribution in [0.15, 0.2) is 0 Å². The molecule has 1 fully saturated rings. The second-order valence-electron chi connectivity index (χ2n) is 14.9. The van der Waals surface area contributed by atoms with Crippen molar-refractivity contribution in [1.82, 2.24) is 0 Å². The molecule has 0 aromatic rings. The topological polar surface area (TPSA) is 192 Å². The maximum absolute atomic E-state index is 12.7. The summed E-state index contributed by atoms with van der Waals surface area (Å²) in [6.07, 6.45) is 17.5. The van der Waals surface area contributed by atoms with E-state index in [1.165, 1.54) is 116 Å². The largest absolute Gasteiger partial charge is 0.472 e. The molecule has 0 heterocycles. The molecule has 0 spiro atoms. The Morgan fingerprint density at radius 3 is 1.33 bits per heavy atom. The first-order valence-corrected chi connectivity index (χ1v) is 22.4. The van der Waals surface area contributed by atoms with Gasteiger partial charge in [0.05, 0.1) is 13.2 Å². The zero-order chi connectivity index (χ0) is 38.5. The van der Waals surface area contributed by atoms with Crippen molar-refractivity contribution in [2.24, 2.45) is 0 Å². The molecule has 1 saturated carbocycles. The Hall–Kier alpha value is -0.660. The van der Waals surface area contributed by atoms with E-state index in [9.17, 15) is 39.8 Å². The van der Waals surface area contributed by atoms with Crippen molar-refractivity contribution in [1.29, 1.82) is 0 Å². The van der Waals surface area contributed by atoms with Crippen LogP contribution in [0.25, 0.3) is 0 Å². The second kappa shape index (κ2) is 31.5. The van der Waals surface area contributed by atoms with E-state index in [0.717, 1.165) is 38.5 Å². The SMILES string of the molecule is CCCCCCCCCCCCCCCCC(=O)OC(COCCCCCCCCCCCCC)COP(=O)(O)OC1C(O)C(O)C(O)C(O)C1O. The lowest BCUT2D eigenvalue weighted by atomic mass is 9.85. The summed E-state index contributed by atoms with van der Waals surface area (Å²) >= 11 is 0. The van der Waals surface area contributed by atoms with Gasteiger partial charge in [0.15, 0.2) is 0 Å². The fourth-order valence-electron chi connectivity index (χ4n) is 6.59. The van der Waals surface area contributed by atoms with E-state index in [1.807, 2.05) is 0 Å². The number of unbranched alkanes of at least 4 members (excludes halogenated alkanes) is 23. The number of aliphatic hydroxyl groups is 5. The number of phosphoric acid groups is 1. The van der Waals surface area contributed by atoms with Crippen LogP contribution in [0.5, 0.6) is 0 Å². The highest BCUT2D eigenvalue weighted by Crippen LogP contribution is 2.47. The quantitative estimate of drug-likeness (QED) is 0.0213. The van der Waals surface area contributed by atoms with Crippen molar-refractivity contribution in [3.63, 3.8) is 0 Å². The summed E-state index contributed by atoms with van der Waals surface area (Å²) in [4.78, 5) is 23.0. The molecule has 6 atom stereocenters. The summed E-state index contributed by atoms with van der Waals surface area (Å²) in [7, 11) is -5.00. The molecule has 52 heavy (non-hydrogen) atoms. The molecular formula is C39H77O12P. The first-order chi connectivity index (χ1) is 25.0. The minimum atomic E-state index is -5.00. The zero-order valence-electron chi connectivity index (χ0n) is 32.6. The molecule has 6 unspecified atom stereocenters. The van der Waals surface area contributed by atoms with Crippen LogP contribution >= 0.6 is 7.82 Å². The monoisotopic (exact) mass is 769 g/mol. The number of rotatable bonds is 35. The third-order valence-electron chi connectivity index (χ3n) is 9.98. The molecule has 0 amide bonds. The summed E-state index contributed by atoms with van der Waals surface area (Å²) in [5, 5.41) is 50.0. The van der Waals surface area contributed by atoms with E-state index >= 15 is 0 Å². The molecule has 0 aromatic carbocycles. The first kappa shape index (κ1) is 49.4. The van der Waals surface area contributed by atoms with Crippen LogP contribution < -0.4 is 0 Å². The predicted octanol–water partition coefficient (Wildman–Crippen LogP) is 7.42. The molecule has 0 bridgehead atoms. The van der Waals surface area contributed by atoms with Crippen molar-refractivity contribution >= 4 is 13.8 Å². The summed E-state index contributed by atoms with van der Waals surface area (Å²) in [6, 6.07) is 0. The number of aliphatic hydroxyl groups excluding tert-OH is 5.